The topological polar surface area (TPSA) is 212 Å². The van der Waals surface area contributed by atoms with Crippen molar-refractivity contribution < 1.29 is 44.4 Å². The Morgan fingerprint density at radius 2 is 1.82 bits per heavy atom. The van der Waals surface area contributed by atoms with Crippen molar-refractivity contribution in [3.05, 3.63) is 40.2 Å². The Morgan fingerprint density at radius 1 is 1.16 bits per heavy atom. The smallest absolute Gasteiger partial charge is 0.255 e. The van der Waals surface area contributed by atoms with Gasteiger partial charge in [0.2, 0.25) is 11.7 Å². The van der Waals surface area contributed by atoms with Crippen LogP contribution in [0.25, 0.3) is 5.76 Å². The SMILES string of the molecule is Br.CCC(NOC1CC(C)C1)C(=O)Nc1ccc2c(c1O)C(O)=C1C(=O)[C@]3(O)C(O)=C(C(N)=O)C(=O)[C@@H](N(C)C)C3CC1C2. The molecule has 1 aromatic rings. The van der Waals surface area contributed by atoms with Gasteiger partial charge in [-0.2, -0.15) is 5.48 Å². The van der Waals surface area contributed by atoms with E-state index in [0.29, 0.717) is 17.9 Å². The van der Waals surface area contributed by atoms with E-state index in [0.717, 1.165) is 12.8 Å². The van der Waals surface area contributed by atoms with Gasteiger partial charge in [-0.05, 0) is 69.7 Å². The Balaban J connectivity index is 0.00000442. The molecule has 0 spiro atoms. The number of hydroxylamine groups is 1. The molecule has 5 rings (SSSR count). The van der Waals surface area contributed by atoms with Crippen molar-refractivity contribution >= 4 is 51.8 Å². The van der Waals surface area contributed by atoms with Crippen LogP contribution in [0.5, 0.6) is 5.75 Å². The molecule has 0 saturated heterocycles. The van der Waals surface area contributed by atoms with Crippen LogP contribution in [0.15, 0.2) is 29.0 Å². The Labute approximate surface area is 264 Å². The third-order valence-electron chi connectivity index (χ3n) is 9.28. The number of phenolic OH excluding ortho intramolecular Hbond substituents is 1. The summed E-state index contributed by atoms with van der Waals surface area (Å²) < 4.78 is 0. The lowest BCUT2D eigenvalue weighted by atomic mass is 9.57. The largest absolute Gasteiger partial charge is 0.508 e. The second-order valence-electron chi connectivity index (χ2n) is 12.3. The predicted octanol–water partition coefficient (Wildman–Crippen LogP) is 1.58. The number of nitrogens with two attached hydrogens (primary N) is 1. The summed E-state index contributed by atoms with van der Waals surface area (Å²) in [5.74, 6) is -7.20. The number of phenols is 1. The molecule has 14 heteroatoms. The summed E-state index contributed by atoms with van der Waals surface area (Å²) >= 11 is 0. The first-order valence-electron chi connectivity index (χ1n) is 14.4. The van der Waals surface area contributed by atoms with Crippen molar-refractivity contribution in [2.45, 2.75) is 69.7 Å². The van der Waals surface area contributed by atoms with Crippen molar-refractivity contribution in [2.75, 3.05) is 19.4 Å². The zero-order chi connectivity index (χ0) is 31.5. The molecule has 1 aromatic carbocycles. The highest BCUT2D eigenvalue weighted by Gasteiger charge is 2.64. The quantitative estimate of drug-likeness (QED) is 0.119. The summed E-state index contributed by atoms with van der Waals surface area (Å²) in [5, 5.41) is 47.9. The van der Waals surface area contributed by atoms with E-state index in [1.54, 1.807) is 27.1 Å². The summed E-state index contributed by atoms with van der Waals surface area (Å²) in [6.45, 7) is 3.91. The number of carbonyl (C=O) groups is 4. The van der Waals surface area contributed by atoms with Crippen LogP contribution >= 0.6 is 17.0 Å². The van der Waals surface area contributed by atoms with Gasteiger partial charge in [-0.25, -0.2) is 0 Å². The van der Waals surface area contributed by atoms with E-state index < -0.39 is 75.7 Å². The molecule has 44 heavy (non-hydrogen) atoms. The number of halogens is 1. The number of aliphatic hydroxyl groups is 3. The highest BCUT2D eigenvalue weighted by atomic mass is 79.9. The number of ketones is 2. The van der Waals surface area contributed by atoms with Crippen molar-refractivity contribution in [3.63, 3.8) is 0 Å². The highest BCUT2D eigenvalue weighted by Crippen LogP contribution is 2.53. The summed E-state index contributed by atoms with van der Waals surface area (Å²) in [6.07, 6.45) is 2.35. The number of aromatic hydroxyl groups is 1. The molecule has 2 amide bonds. The number of hydrogen-bond acceptors (Lipinski definition) is 11. The van der Waals surface area contributed by atoms with Gasteiger partial charge in [-0.15, -0.1) is 17.0 Å². The number of hydrogen-bond donors (Lipinski definition) is 7. The Bertz CT molecular complexity index is 1470. The lowest BCUT2D eigenvalue weighted by molar-refractivity contribution is -0.153. The summed E-state index contributed by atoms with van der Waals surface area (Å²) in [4.78, 5) is 59.3. The summed E-state index contributed by atoms with van der Waals surface area (Å²) in [6, 6.07) is 1.23. The van der Waals surface area contributed by atoms with Gasteiger partial charge in [-0.3, -0.25) is 28.9 Å². The van der Waals surface area contributed by atoms with Crippen LogP contribution in [0.1, 0.15) is 50.7 Å². The van der Waals surface area contributed by atoms with Gasteiger partial charge in [0.15, 0.2) is 11.4 Å². The molecular formula is C30H39BrN4O9. The molecule has 3 unspecified atom stereocenters. The molecule has 13 nitrogen and oxygen atoms in total. The number of primary amides is 1. The number of aliphatic hydroxyl groups excluding tert-OH is 2. The average molecular weight is 680 g/mol. The Morgan fingerprint density at radius 3 is 2.39 bits per heavy atom. The number of nitrogens with zero attached hydrogens (tertiary/aromatic N) is 1. The first-order chi connectivity index (χ1) is 20.2. The number of carbonyl (C=O) groups excluding carboxylic acids is 4. The van der Waals surface area contributed by atoms with E-state index >= 15 is 0 Å². The molecule has 0 aromatic heterocycles. The third kappa shape index (κ3) is 5.21. The average Bonchev–Trinajstić information content (AvgIpc) is 2.91. The minimum absolute atomic E-state index is 0. The number of fused-ring (bicyclic) bond motifs is 3. The van der Waals surface area contributed by atoms with Gasteiger partial charge in [0.25, 0.3) is 5.91 Å². The Hall–Kier alpha value is -3.30. The lowest BCUT2D eigenvalue weighted by Crippen LogP contribution is -2.65. The number of benzene rings is 1. The maximum Gasteiger partial charge on any atom is 0.255 e. The zero-order valence-corrected chi connectivity index (χ0v) is 26.6. The molecule has 240 valence electrons. The summed E-state index contributed by atoms with van der Waals surface area (Å²) in [5.41, 5.74) is 4.66. The van der Waals surface area contributed by atoms with Gasteiger partial charge in [0.1, 0.15) is 28.9 Å². The Kier molecular flexibility index (Phi) is 9.34. The molecular weight excluding hydrogens is 640 g/mol. The number of Topliss-reactive ketones (excluding diaryl/α,β-unsaturated/α-hetero) is 2. The second kappa shape index (κ2) is 12.2. The van der Waals surface area contributed by atoms with Gasteiger partial charge in [0, 0.05) is 11.5 Å². The molecule has 0 radical (unpaired) electrons. The fraction of sp³-hybridized carbons (Fsp3) is 0.533. The molecule has 2 fully saturated rings. The van der Waals surface area contributed by atoms with E-state index in [9.17, 15) is 39.6 Å². The van der Waals surface area contributed by atoms with Crippen LogP contribution in [0, 0.1) is 17.8 Å². The van der Waals surface area contributed by atoms with Crippen molar-refractivity contribution in [2.24, 2.45) is 23.5 Å². The fourth-order valence-electron chi connectivity index (χ4n) is 6.96. The van der Waals surface area contributed by atoms with Gasteiger partial charge in [-0.1, -0.05) is 19.9 Å². The van der Waals surface area contributed by atoms with Crippen LogP contribution in [0.2, 0.25) is 0 Å². The van der Waals surface area contributed by atoms with Crippen LogP contribution < -0.4 is 16.5 Å². The normalized spacial score (nSPS) is 30.1. The fourth-order valence-corrected chi connectivity index (χ4v) is 6.96. The lowest BCUT2D eigenvalue weighted by Gasteiger charge is -2.50. The van der Waals surface area contributed by atoms with Gasteiger partial charge >= 0.3 is 0 Å². The standard InChI is InChI=1S/C30H38N4O9.BrH/c1-5-17(33-43-15-8-12(2)9-15)29(41)32-18-7-6-13-10-14-11-16-22(34(3)4)25(37)21(28(31)40)27(39)30(16,42)26(38)20(14)24(36)19(13)23(18)35;/h6-7,12,14-17,22,33,35-36,39,42H,5,8-11H2,1-4H3,(H2,31,40)(H,32,41);1H/t12?,14?,15?,16?,17?,22-,30-;/m0./s1. The number of nitrogens with one attached hydrogen (secondary N) is 2. The molecule has 0 heterocycles. The second-order valence-corrected chi connectivity index (χ2v) is 12.3. The minimum atomic E-state index is -2.72. The van der Waals surface area contributed by atoms with E-state index in [2.05, 4.69) is 17.7 Å². The van der Waals surface area contributed by atoms with E-state index in [1.807, 2.05) is 0 Å². The van der Waals surface area contributed by atoms with Crippen molar-refractivity contribution in [1.29, 1.82) is 0 Å². The number of anilines is 1. The molecule has 4 aliphatic carbocycles. The van der Waals surface area contributed by atoms with E-state index in [4.69, 9.17) is 10.6 Å². The maximum atomic E-state index is 14.0. The molecule has 5 atom stereocenters. The van der Waals surface area contributed by atoms with E-state index in [1.165, 1.54) is 11.0 Å². The molecule has 0 bridgehead atoms. The zero-order valence-electron chi connectivity index (χ0n) is 24.9. The molecule has 4 aliphatic rings. The summed E-state index contributed by atoms with van der Waals surface area (Å²) in [7, 11) is 3.08. The predicted molar refractivity (Wildman–Crippen MR) is 164 cm³/mol. The first-order valence-corrected chi connectivity index (χ1v) is 14.4. The van der Waals surface area contributed by atoms with Crippen LogP contribution in [0.4, 0.5) is 5.69 Å². The number of amides is 2. The number of rotatable bonds is 8. The van der Waals surface area contributed by atoms with Crippen LogP contribution in [0.3, 0.4) is 0 Å². The van der Waals surface area contributed by atoms with Crippen molar-refractivity contribution in [3.8, 4) is 5.75 Å². The maximum absolute atomic E-state index is 14.0. The van der Waals surface area contributed by atoms with Gasteiger partial charge < -0.3 is 31.5 Å². The molecule has 2 saturated carbocycles. The van der Waals surface area contributed by atoms with Crippen LogP contribution in [-0.2, 0) is 30.4 Å². The minimum Gasteiger partial charge on any atom is -0.508 e. The third-order valence-corrected chi connectivity index (χ3v) is 9.28. The number of likely N-dealkylation sites (N-methyl/N-ethyl adjacent to an activating group) is 1. The highest BCUT2D eigenvalue weighted by molar-refractivity contribution is 8.93. The van der Waals surface area contributed by atoms with Crippen LogP contribution in [-0.4, -0.2) is 86.6 Å². The van der Waals surface area contributed by atoms with Gasteiger partial charge in [0.05, 0.1) is 23.4 Å². The molecule has 0 aliphatic heterocycles. The monoisotopic (exact) mass is 678 g/mol. The molecule has 8 N–H and O–H groups in total. The first kappa shape index (κ1) is 33.6. The van der Waals surface area contributed by atoms with E-state index in [-0.39, 0.29) is 52.8 Å². The van der Waals surface area contributed by atoms with Crippen molar-refractivity contribution in [1.82, 2.24) is 10.4 Å².